The van der Waals surface area contributed by atoms with E-state index in [1.165, 1.54) is 7.11 Å². The quantitative estimate of drug-likeness (QED) is 0.476. The molecule has 8 nitrogen and oxygen atoms in total. The molecule has 32 heavy (non-hydrogen) atoms. The zero-order valence-corrected chi connectivity index (χ0v) is 17.4. The summed E-state index contributed by atoms with van der Waals surface area (Å²) in [6, 6.07) is 16.5. The van der Waals surface area contributed by atoms with Crippen molar-refractivity contribution < 1.29 is 9.53 Å². The lowest BCUT2D eigenvalue weighted by Gasteiger charge is -2.10. The molecule has 158 valence electrons. The number of benzene rings is 2. The molecule has 5 rings (SSSR count). The number of aryl methyl sites for hydroxylation is 1. The largest absolute Gasteiger partial charge is 0.479 e. The SMILES string of the molecule is COc1ncccc1-n1c(=O)n(C)c2cnc3ccc(-c4ccc(C(N)=O)cc4)cc3c21. The highest BCUT2D eigenvalue weighted by Gasteiger charge is 2.19. The van der Waals surface area contributed by atoms with Crippen LogP contribution in [0.3, 0.4) is 0 Å². The number of fused-ring (bicyclic) bond motifs is 3. The summed E-state index contributed by atoms with van der Waals surface area (Å²) in [6.45, 7) is 0. The second-order valence-corrected chi connectivity index (χ2v) is 7.37. The molecule has 3 aromatic heterocycles. The van der Waals surface area contributed by atoms with Crippen LogP contribution in [0.5, 0.6) is 5.88 Å². The molecule has 2 N–H and O–H groups in total. The molecule has 0 aliphatic rings. The van der Waals surface area contributed by atoms with Gasteiger partial charge in [-0.05, 0) is 47.5 Å². The predicted molar refractivity (Wildman–Crippen MR) is 122 cm³/mol. The van der Waals surface area contributed by atoms with Crippen LogP contribution in [0.4, 0.5) is 0 Å². The topological polar surface area (TPSA) is 105 Å². The number of pyridine rings is 2. The molecule has 8 heteroatoms. The Hall–Kier alpha value is -4.46. The minimum Gasteiger partial charge on any atom is -0.479 e. The van der Waals surface area contributed by atoms with E-state index in [1.807, 2.05) is 30.3 Å². The Morgan fingerprint density at radius 3 is 2.50 bits per heavy atom. The lowest BCUT2D eigenvalue weighted by Crippen LogP contribution is -2.21. The van der Waals surface area contributed by atoms with Crippen molar-refractivity contribution in [2.75, 3.05) is 7.11 Å². The van der Waals surface area contributed by atoms with Gasteiger partial charge >= 0.3 is 5.69 Å². The van der Waals surface area contributed by atoms with E-state index in [2.05, 4.69) is 9.97 Å². The number of primary amides is 1. The number of nitrogens with two attached hydrogens (primary N) is 1. The molecule has 0 spiro atoms. The number of hydrogen-bond donors (Lipinski definition) is 1. The van der Waals surface area contributed by atoms with Gasteiger partial charge in [-0.15, -0.1) is 0 Å². The number of aromatic nitrogens is 4. The molecular formula is C24H19N5O3. The van der Waals surface area contributed by atoms with E-state index in [0.29, 0.717) is 28.2 Å². The number of methoxy groups -OCH3 is 1. The Morgan fingerprint density at radius 1 is 1.03 bits per heavy atom. The number of nitrogens with zero attached hydrogens (tertiary/aromatic N) is 4. The summed E-state index contributed by atoms with van der Waals surface area (Å²) >= 11 is 0. The summed E-state index contributed by atoms with van der Waals surface area (Å²) in [4.78, 5) is 33.4. The first kappa shape index (κ1) is 19.5. The van der Waals surface area contributed by atoms with Crippen molar-refractivity contribution in [1.29, 1.82) is 0 Å². The minimum atomic E-state index is -0.473. The molecule has 5 aromatic rings. The predicted octanol–water partition coefficient (Wildman–Crippen LogP) is 3.05. The van der Waals surface area contributed by atoms with Crippen molar-refractivity contribution in [3.63, 3.8) is 0 Å². The van der Waals surface area contributed by atoms with Gasteiger partial charge in [0.2, 0.25) is 11.8 Å². The van der Waals surface area contributed by atoms with Crippen molar-refractivity contribution >= 4 is 27.8 Å². The molecule has 0 radical (unpaired) electrons. The summed E-state index contributed by atoms with van der Waals surface area (Å²) in [5.74, 6) is -0.120. The summed E-state index contributed by atoms with van der Waals surface area (Å²) in [5.41, 5.74) is 10.1. The molecule has 0 saturated carbocycles. The lowest BCUT2D eigenvalue weighted by atomic mass is 10.0. The van der Waals surface area contributed by atoms with Crippen LogP contribution in [0.25, 0.3) is 38.8 Å². The molecule has 0 aliphatic carbocycles. The van der Waals surface area contributed by atoms with E-state index < -0.39 is 5.91 Å². The van der Waals surface area contributed by atoms with Gasteiger partial charge in [0.25, 0.3) is 0 Å². The zero-order valence-electron chi connectivity index (χ0n) is 17.4. The highest BCUT2D eigenvalue weighted by Crippen LogP contribution is 2.31. The average Bonchev–Trinajstić information content (AvgIpc) is 3.09. The Kier molecular flexibility index (Phi) is 4.48. The molecular weight excluding hydrogens is 406 g/mol. The maximum atomic E-state index is 13.2. The van der Waals surface area contributed by atoms with Crippen LogP contribution in [0, 0.1) is 0 Å². The maximum absolute atomic E-state index is 13.2. The van der Waals surface area contributed by atoms with Crippen molar-refractivity contribution in [2.45, 2.75) is 0 Å². The van der Waals surface area contributed by atoms with Gasteiger partial charge in [0, 0.05) is 24.2 Å². The normalized spacial score (nSPS) is 11.2. The monoisotopic (exact) mass is 425 g/mol. The van der Waals surface area contributed by atoms with Crippen LogP contribution in [0.15, 0.2) is 71.8 Å². The number of carbonyl (C=O) groups excluding carboxylic acids is 1. The second kappa shape index (κ2) is 7.35. The first-order valence-electron chi connectivity index (χ1n) is 9.89. The summed E-state index contributed by atoms with van der Waals surface area (Å²) in [7, 11) is 3.24. The van der Waals surface area contributed by atoms with Gasteiger partial charge in [-0.25, -0.2) is 9.78 Å². The Labute approximate surface area is 182 Å². The number of hydrogen-bond acceptors (Lipinski definition) is 5. The van der Waals surface area contributed by atoms with Crippen molar-refractivity contribution in [3.8, 4) is 22.7 Å². The van der Waals surface area contributed by atoms with Crippen LogP contribution in [-0.2, 0) is 7.05 Å². The van der Waals surface area contributed by atoms with Gasteiger partial charge in [-0.2, -0.15) is 0 Å². The van der Waals surface area contributed by atoms with Crippen molar-refractivity contribution in [2.24, 2.45) is 12.8 Å². The van der Waals surface area contributed by atoms with E-state index in [0.717, 1.165) is 22.0 Å². The standard InChI is InChI=1S/C24H19N5O3/c1-28-20-13-27-18-10-9-16(14-5-7-15(8-6-14)22(25)30)12-17(18)21(20)29(24(28)31)19-4-3-11-26-23(19)32-2/h3-13H,1-2H3,(H2,25,30). The fraction of sp³-hybridized carbons (Fsp3) is 0.0833. The number of carbonyl (C=O) groups is 1. The van der Waals surface area contributed by atoms with Gasteiger partial charge < -0.3 is 10.5 Å². The van der Waals surface area contributed by atoms with E-state index in [9.17, 15) is 9.59 Å². The molecule has 0 saturated heterocycles. The highest BCUT2D eigenvalue weighted by atomic mass is 16.5. The van der Waals surface area contributed by atoms with E-state index in [1.54, 1.807) is 52.8 Å². The molecule has 0 atom stereocenters. The molecule has 0 fully saturated rings. The van der Waals surface area contributed by atoms with Crippen molar-refractivity contribution in [3.05, 3.63) is 83.0 Å². The van der Waals surface area contributed by atoms with Crippen LogP contribution < -0.4 is 16.2 Å². The molecule has 0 aliphatic heterocycles. The molecule has 2 aromatic carbocycles. The third-order valence-corrected chi connectivity index (χ3v) is 5.57. The summed E-state index contributed by atoms with van der Waals surface area (Å²) in [6.07, 6.45) is 3.31. The average molecular weight is 425 g/mol. The number of amides is 1. The van der Waals surface area contributed by atoms with Crippen molar-refractivity contribution in [1.82, 2.24) is 19.1 Å². The Bertz CT molecular complexity index is 1570. The number of imidazole rings is 1. The molecule has 0 bridgehead atoms. The smallest absolute Gasteiger partial charge is 0.333 e. The van der Waals surface area contributed by atoms with Crippen LogP contribution in [0.1, 0.15) is 10.4 Å². The highest BCUT2D eigenvalue weighted by molar-refractivity contribution is 6.04. The lowest BCUT2D eigenvalue weighted by molar-refractivity contribution is 0.100. The molecule has 3 heterocycles. The van der Waals surface area contributed by atoms with Crippen LogP contribution in [0.2, 0.25) is 0 Å². The first-order valence-corrected chi connectivity index (χ1v) is 9.89. The second-order valence-electron chi connectivity index (χ2n) is 7.37. The fourth-order valence-electron chi connectivity index (χ4n) is 3.94. The Morgan fingerprint density at radius 2 is 1.78 bits per heavy atom. The van der Waals surface area contributed by atoms with E-state index >= 15 is 0 Å². The molecule has 1 amide bonds. The number of rotatable bonds is 4. The Balaban J connectivity index is 1.82. The van der Waals surface area contributed by atoms with Crippen LogP contribution in [-0.4, -0.2) is 32.1 Å². The van der Waals surface area contributed by atoms with Crippen LogP contribution >= 0.6 is 0 Å². The summed E-state index contributed by atoms with van der Waals surface area (Å²) in [5, 5.41) is 0.808. The first-order chi connectivity index (χ1) is 15.5. The summed E-state index contributed by atoms with van der Waals surface area (Å²) < 4.78 is 8.58. The third-order valence-electron chi connectivity index (χ3n) is 5.57. The van der Waals surface area contributed by atoms with Gasteiger partial charge in [-0.3, -0.25) is 18.9 Å². The van der Waals surface area contributed by atoms with Gasteiger partial charge in [0.15, 0.2) is 0 Å². The van der Waals surface area contributed by atoms with E-state index in [-0.39, 0.29) is 5.69 Å². The molecule has 0 unspecified atom stereocenters. The maximum Gasteiger partial charge on any atom is 0.333 e. The minimum absolute atomic E-state index is 0.225. The van der Waals surface area contributed by atoms with E-state index in [4.69, 9.17) is 10.5 Å². The third kappa shape index (κ3) is 2.92. The van der Waals surface area contributed by atoms with Gasteiger partial charge in [0.1, 0.15) is 5.69 Å². The van der Waals surface area contributed by atoms with Gasteiger partial charge in [-0.1, -0.05) is 18.2 Å². The zero-order chi connectivity index (χ0) is 22.4. The fourth-order valence-corrected chi connectivity index (χ4v) is 3.94. The number of ether oxygens (including phenoxy) is 1. The van der Waals surface area contributed by atoms with Gasteiger partial charge in [0.05, 0.1) is 29.9 Å².